The summed E-state index contributed by atoms with van der Waals surface area (Å²) in [6.45, 7) is 1.91. The number of nitrogens with one attached hydrogen (secondary N) is 1. The predicted octanol–water partition coefficient (Wildman–Crippen LogP) is 1.20. The molecule has 0 radical (unpaired) electrons. The Bertz CT molecular complexity index is 255. The molecule has 1 saturated carbocycles. The summed E-state index contributed by atoms with van der Waals surface area (Å²) in [5.74, 6) is 1.11. The predicted molar refractivity (Wildman–Crippen MR) is 59.1 cm³/mol. The molecule has 0 amide bonds. The van der Waals surface area contributed by atoms with Crippen molar-refractivity contribution in [3.8, 4) is 0 Å². The molecule has 3 nitrogen and oxygen atoms in total. The third kappa shape index (κ3) is 3.96. The molecule has 0 aromatic heterocycles. The quantitative estimate of drug-likeness (QED) is 0.756. The van der Waals surface area contributed by atoms with Gasteiger partial charge in [0.2, 0.25) is 0 Å². The van der Waals surface area contributed by atoms with Crippen molar-refractivity contribution in [2.24, 2.45) is 5.92 Å². The van der Waals surface area contributed by atoms with Gasteiger partial charge in [-0.2, -0.15) is 0 Å². The Morgan fingerprint density at radius 2 is 1.93 bits per heavy atom. The Kier molecular flexibility index (Phi) is 4.38. The van der Waals surface area contributed by atoms with Gasteiger partial charge in [0.05, 0.1) is 11.5 Å². The summed E-state index contributed by atoms with van der Waals surface area (Å²) >= 11 is 0. The minimum absolute atomic E-state index is 0.0707. The standard InChI is InChI=1S/C10H21NO2S/c1-9(11-2)7-14(12,13)8-10-5-3-4-6-10/h9-11H,3-8H2,1-2H3. The second-order valence-corrected chi connectivity index (χ2v) is 6.57. The molecule has 1 N–H and O–H groups in total. The maximum Gasteiger partial charge on any atom is 0.152 e. The van der Waals surface area contributed by atoms with E-state index in [1.165, 1.54) is 12.8 Å². The first kappa shape index (κ1) is 12.0. The van der Waals surface area contributed by atoms with Crippen LogP contribution in [0.5, 0.6) is 0 Å². The van der Waals surface area contributed by atoms with Crippen LogP contribution < -0.4 is 5.32 Å². The van der Waals surface area contributed by atoms with E-state index in [0.29, 0.717) is 11.7 Å². The Hall–Kier alpha value is -0.0900. The van der Waals surface area contributed by atoms with Crippen molar-refractivity contribution >= 4 is 9.84 Å². The van der Waals surface area contributed by atoms with Crippen molar-refractivity contribution < 1.29 is 8.42 Å². The van der Waals surface area contributed by atoms with E-state index < -0.39 is 9.84 Å². The van der Waals surface area contributed by atoms with Gasteiger partial charge in [-0.05, 0) is 32.7 Å². The summed E-state index contributed by atoms with van der Waals surface area (Å²) in [4.78, 5) is 0. The zero-order valence-electron chi connectivity index (χ0n) is 9.12. The van der Waals surface area contributed by atoms with Crippen LogP contribution in [-0.2, 0) is 9.84 Å². The van der Waals surface area contributed by atoms with Crippen molar-refractivity contribution in [1.82, 2.24) is 5.32 Å². The van der Waals surface area contributed by atoms with Crippen molar-refractivity contribution in [2.75, 3.05) is 18.6 Å². The molecule has 1 atom stereocenters. The van der Waals surface area contributed by atoms with E-state index in [1.807, 2.05) is 6.92 Å². The minimum atomic E-state index is -2.84. The normalized spacial score (nSPS) is 21.3. The molecular formula is C10H21NO2S. The van der Waals surface area contributed by atoms with Crippen LogP contribution in [0.15, 0.2) is 0 Å². The monoisotopic (exact) mass is 219 g/mol. The minimum Gasteiger partial charge on any atom is -0.316 e. The van der Waals surface area contributed by atoms with E-state index in [9.17, 15) is 8.42 Å². The first-order chi connectivity index (χ1) is 6.53. The number of hydrogen-bond donors (Lipinski definition) is 1. The first-order valence-corrected chi connectivity index (χ1v) is 7.23. The van der Waals surface area contributed by atoms with Gasteiger partial charge < -0.3 is 5.32 Å². The van der Waals surface area contributed by atoms with Crippen LogP contribution >= 0.6 is 0 Å². The molecule has 0 heterocycles. The average Bonchev–Trinajstić information content (AvgIpc) is 2.54. The maximum absolute atomic E-state index is 11.7. The Balaban J connectivity index is 2.40. The first-order valence-electron chi connectivity index (χ1n) is 5.41. The Labute approximate surface area is 87.2 Å². The van der Waals surface area contributed by atoms with Crippen LogP contribution in [0.1, 0.15) is 32.6 Å². The zero-order chi connectivity index (χ0) is 10.6. The van der Waals surface area contributed by atoms with Crippen LogP contribution in [0, 0.1) is 5.92 Å². The summed E-state index contributed by atoms with van der Waals surface area (Å²) in [7, 11) is -1.04. The summed E-state index contributed by atoms with van der Waals surface area (Å²) in [6.07, 6.45) is 4.63. The average molecular weight is 219 g/mol. The van der Waals surface area contributed by atoms with Crippen molar-refractivity contribution in [3.05, 3.63) is 0 Å². The van der Waals surface area contributed by atoms with Gasteiger partial charge in [-0.3, -0.25) is 0 Å². The van der Waals surface area contributed by atoms with E-state index in [4.69, 9.17) is 0 Å². The lowest BCUT2D eigenvalue weighted by Crippen LogP contribution is -2.32. The van der Waals surface area contributed by atoms with Crippen LogP contribution in [0.3, 0.4) is 0 Å². The molecule has 0 bridgehead atoms. The molecule has 14 heavy (non-hydrogen) atoms. The third-order valence-electron chi connectivity index (χ3n) is 2.96. The third-order valence-corrected chi connectivity index (χ3v) is 4.95. The van der Waals surface area contributed by atoms with Crippen LogP contribution in [0.2, 0.25) is 0 Å². The molecule has 1 aliphatic carbocycles. The van der Waals surface area contributed by atoms with E-state index in [0.717, 1.165) is 12.8 Å². The fraction of sp³-hybridized carbons (Fsp3) is 1.00. The highest BCUT2D eigenvalue weighted by molar-refractivity contribution is 7.91. The van der Waals surface area contributed by atoms with Gasteiger partial charge in [0.15, 0.2) is 9.84 Å². The molecule has 1 unspecified atom stereocenters. The SMILES string of the molecule is CNC(C)CS(=O)(=O)CC1CCCC1. The highest BCUT2D eigenvalue weighted by Gasteiger charge is 2.23. The van der Waals surface area contributed by atoms with Crippen molar-refractivity contribution in [1.29, 1.82) is 0 Å². The van der Waals surface area contributed by atoms with Gasteiger partial charge in [-0.15, -0.1) is 0 Å². The van der Waals surface area contributed by atoms with Gasteiger partial charge in [0, 0.05) is 6.04 Å². The smallest absolute Gasteiger partial charge is 0.152 e. The van der Waals surface area contributed by atoms with Gasteiger partial charge in [0.1, 0.15) is 0 Å². The van der Waals surface area contributed by atoms with Gasteiger partial charge >= 0.3 is 0 Å². The largest absolute Gasteiger partial charge is 0.316 e. The molecule has 0 aromatic carbocycles. The lowest BCUT2D eigenvalue weighted by atomic mass is 10.1. The summed E-state index contributed by atoms with van der Waals surface area (Å²) in [6, 6.07) is 0.0707. The fourth-order valence-electron chi connectivity index (χ4n) is 2.07. The molecule has 0 aromatic rings. The molecule has 1 aliphatic rings. The number of sulfone groups is 1. The topological polar surface area (TPSA) is 46.2 Å². The summed E-state index contributed by atoms with van der Waals surface area (Å²) in [5, 5.41) is 2.97. The van der Waals surface area contributed by atoms with Crippen LogP contribution in [0.25, 0.3) is 0 Å². The van der Waals surface area contributed by atoms with Gasteiger partial charge in [0.25, 0.3) is 0 Å². The highest BCUT2D eigenvalue weighted by atomic mass is 32.2. The van der Waals surface area contributed by atoms with E-state index >= 15 is 0 Å². The molecule has 0 spiro atoms. The lowest BCUT2D eigenvalue weighted by Gasteiger charge is -2.13. The summed E-state index contributed by atoms with van der Waals surface area (Å²) in [5.41, 5.74) is 0. The second kappa shape index (κ2) is 5.12. The van der Waals surface area contributed by atoms with Crippen molar-refractivity contribution in [2.45, 2.75) is 38.6 Å². The van der Waals surface area contributed by atoms with E-state index in [1.54, 1.807) is 7.05 Å². The van der Waals surface area contributed by atoms with Crippen molar-refractivity contribution in [3.63, 3.8) is 0 Å². The number of rotatable bonds is 5. The molecule has 1 rings (SSSR count). The van der Waals surface area contributed by atoms with E-state index in [2.05, 4.69) is 5.32 Å². The molecule has 0 aliphatic heterocycles. The molecule has 0 saturated heterocycles. The second-order valence-electron chi connectivity index (χ2n) is 4.42. The number of hydrogen-bond acceptors (Lipinski definition) is 3. The van der Waals surface area contributed by atoms with Crippen LogP contribution in [0.4, 0.5) is 0 Å². The van der Waals surface area contributed by atoms with Gasteiger partial charge in [-0.25, -0.2) is 8.42 Å². The highest BCUT2D eigenvalue weighted by Crippen LogP contribution is 2.26. The lowest BCUT2D eigenvalue weighted by molar-refractivity contribution is 0.548. The molecular weight excluding hydrogens is 198 g/mol. The molecule has 1 fully saturated rings. The molecule has 84 valence electrons. The van der Waals surface area contributed by atoms with Crippen LogP contribution in [-0.4, -0.2) is 33.0 Å². The summed E-state index contributed by atoms with van der Waals surface area (Å²) < 4.78 is 23.4. The fourth-order valence-corrected chi connectivity index (χ4v) is 4.18. The maximum atomic E-state index is 11.7. The van der Waals surface area contributed by atoms with E-state index in [-0.39, 0.29) is 11.8 Å². The molecule has 4 heteroatoms. The Morgan fingerprint density at radius 3 is 2.43 bits per heavy atom. The Morgan fingerprint density at radius 1 is 1.36 bits per heavy atom. The van der Waals surface area contributed by atoms with Gasteiger partial charge in [-0.1, -0.05) is 12.8 Å². The zero-order valence-corrected chi connectivity index (χ0v) is 9.94.